The van der Waals surface area contributed by atoms with Crippen molar-refractivity contribution in [2.45, 2.75) is 58.9 Å². The zero-order chi connectivity index (χ0) is 14.9. The number of ether oxygens (including phenoxy) is 1. The Morgan fingerprint density at radius 2 is 1.95 bits per heavy atom. The Kier molecular flexibility index (Phi) is 7.08. The second kappa shape index (κ2) is 9.09. The molecule has 2 heteroatoms. The maximum absolute atomic E-state index is 5.80. The molecule has 1 aromatic rings. The first kappa shape index (κ1) is 16.4. The average Bonchev–Trinajstić information content (AvgIpc) is 2.49. The predicted octanol–water partition coefficient (Wildman–Crippen LogP) is 4.88. The molecule has 0 N–H and O–H groups in total. The first-order valence-corrected chi connectivity index (χ1v) is 8.72. The molecule has 0 bridgehead atoms. The molecule has 2 nitrogen and oxygen atoms in total. The molecular formula is C19H31NO. The third kappa shape index (κ3) is 6.09. The Morgan fingerprint density at radius 3 is 2.67 bits per heavy atom. The summed E-state index contributed by atoms with van der Waals surface area (Å²) in [6.45, 7) is 9.03. The van der Waals surface area contributed by atoms with Gasteiger partial charge in [-0.05, 0) is 49.4 Å². The molecule has 0 radical (unpaired) electrons. The van der Waals surface area contributed by atoms with Crippen molar-refractivity contribution in [3.8, 4) is 5.75 Å². The molecule has 0 aliphatic carbocycles. The summed E-state index contributed by atoms with van der Waals surface area (Å²) in [5.41, 5.74) is 1.41. The summed E-state index contributed by atoms with van der Waals surface area (Å²) in [7, 11) is 0. The highest BCUT2D eigenvalue weighted by Gasteiger charge is 2.15. The molecule has 21 heavy (non-hydrogen) atoms. The van der Waals surface area contributed by atoms with Gasteiger partial charge in [-0.25, -0.2) is 0 Å². The number of piperidine rings is 1. The summed E-state index contributed by atoms with van der Waals surface area (Å²) in [4.78, 5) is 2.58. The van der Waals surface area contributed by atoms with Crippen molar-refractivity contribution in [2.75, 3.05) is 19.7 Å². The van der Waals surface area contributed by atoms with Gasteiger partial charge < -0.3 is 4.74 Å². The van der Waals surface area contributed by atoms with Crippen molar-refractivity contribution >= 4 is 0 Å². The fourth-order valence-electron chi connectivity index (χ4n) is 3.10. The van der Waals surface area contributed by atoms with Gasteiger partial charge in [0.05, 0.1) is 6.61 Å². The van der Waals surface area contributed by atoms with Gasteiger partial charge in [0.25, 0.3) is 0 Å². The van der Waals surface area contributed by atoms with Crippen molar-refractivity contribution in [3.05, 3.63) is 29.8 Å². The largest absolute Gasteiger partial charge is 0.494 e. The minimum Gasteiger partial charge on any atom is -0.494 e. The summed E-state index contributed by atoms with van der Waals surface area (Å²) < 4.78 is 5.80. The first-order valence-electron chi connectivity index (χ1n) is 8.72. The van der Waals surface area contributed by atoms with E-state index in [0.29, 0.717) is 0 Å². The Hall–Kier alpha value is -1.02. The summed E-state index contributed by atoms with van der Waals surface area (Å²) in [6.07, 6.45) is 7.78. The minimum atomic E-state index is 0.850. The molecule has 2 rings (SSSR count). The normalized spacial score (nSPS) is 19.6. The Labute approximate surface area is 130 Å². The van der Waals surface area contributed by atoms with Gasteiger partial charge in [0.15, 0.2) is 0 Å². The average molecular weight is 289 g/mol. The van der Waals surface area contributed by atoms with Crippen LogP contribution < -0.4 is 4.74 Å². The van der Waals surface area contributed by atoms with E-state index in [2.05, 4.69) is 43.0 Å². The number of rotatable bonds is 8. The lowest BCUT2D eigenvalue weighted by Crippen LogP contribution is -2.33. The van der Waals surface area contributed by atoms with Crippen LogP contribution in [0.2, 0.25) is 0 Å². The van der Waals surface area contributed by atoms with Crippen molar-refractivity contribution in [2.24, 2.45) is 5.92 Å². The van der Waals surface area contributed by atoms with Gasteiger partial charge in [-0.15, -0.1) is 0 Å². The number of hydrogen-bond donors (Lipinski definition) is 0. The van der Waals surface area contributed by atoms with E-state index in [1.165, 1.54) is 57.2 Å². The number of likely N-dealkylation sites (tertiary alicyclic amines) is 1. The minimum absolute atomic E-state index is 0.850. The molecule has 1 fully saturated rings. The molecule has 1 atom stereocenters. The summed E-state index contributed by atoms with van der Waals surface area (Å²) in [5, 5.41) is 0. The van der Waals surface area contributed by atoms with Gasteiger partial charge in [-0.1, -0.05) is 45.2 Å². The molecule has 0 aromatic heterocycles. The monoisotopic (exact) mass is 289 g/mol. The van der Waals surface area contributed by atoms with Crippen LogP contribution in [0, 0.1) is 5.92 Å². The van der Waals surface area contributed by atoms with Crippen LogP contribution in [0.4, 0.5) is 0 Å². The Bertz CT molecular complexity index is 387. The fraction of sp³-hybridized carbons (Fsp3) is 0.684. The third-order valence-corrected chi connectivity index (χ3v) is 4.34. The lowest BCUT2D eigenvalue weighted by atomic mass is 10.00. The molecule has 1 aromatic carbocycles. The summed E-state index contributed by atoms with van der Waals surface area (Å²) >= 11 is 0. The fourth-order valence-corrected chi connectivity index (χ4v) is 3.10. The van der Waals surface area contributed by atoms with Crippen LogP contribution in [0.25, 0.3) is 0 Å². The van der Waals surface area contributed by atoms with Crippen molar-refractivity contribution in [3.63, 3.8) is 0 Å². The molecule has 1 saturated heterocycles. The van der Waals surface area contributed by atoms with E-state index < -0.39 is 0 Å². The molecule has 0 amide bonds. The van der Waals surface area contributed by atoms with Crippen LogP contribution in [-0.2, 0) is 6.54 Å². The second-order valence-electron chi connectivity index (χ2n) is 6.54. The molecule has 0 spiro atoms. The molecule has 1 aliphatic heterocycles. The summed E-state index contributed by atoms with van der Waals surface area (Å²) in [6, 6.07) is 8.70. The van der Waals surface area contributed by atoms with E-state index in [0.717, 1.165) is 24.8 Å². The standard InChI is InChI=1S/C19H31NO/c1-3-4-5-6-14-21-19-11-9-18(10-12-19)16-20-13-7-8-17(2)15-20/h9-12,17H,3-8,13-16H2,1-2H3. The van der Waals surface area contributed by atoms with Gasteiger partial charge in [0.2, 0.25) is 0 Å². The highest BCUT2D eigenvalue weighted by Crippen LogP contribution is 2.19. The Balaban J connectivity index is 1.71. The van der Waals surface area contributed by atoms with Crippen LogP contribution in [0.5, 0.6) is 5.75 Å². The maximum Gasteiger partial charge on any atom is 0.119 e. The molecular weight excluding hydrogens is 258 g/mol. The molecule has 1 aliphatic rings. The van der Waals surface area contributed by atoms with E-state index >= 15 is 0 Å². The van der Waals surface area contributed by atoms with Crippen LogP contribution >= 0.6 is 0 Å². The topological polar surface area (TPSA) is 12.5 Å². The highest BCUT2D eigenvalue weighted by atomic mass is 16.5. The van der Waals surface area contributed by atoms with Gasteiger partial charge in [-0.3, -0.25) is 4.90 Å². The van der Waals surface area contributed by atoms with Crippen molar-refractivity contribution in [1.82, 2.24) is 4.90 Å². The smallest absolute Gasteiger partial charge is 0.119 e. The number of benzene rings is 1. The predicted molar refractivity (Wildman–Crippen MR) is 89.8 cm³/mol. The van der Waals surface area contributed by atoms with E-state index in [4.69, 9.17) is 4.74 Å². The first-order chi connectivity index (χ1) is 10.3. The number of hydrogen-bond acceptors (Lipinski definition) is 2. The second-order valence-corrected chi connectivity index (χ2v) is 6.54. The van der Waals surface area contributed by atoms with Gasteiger partial charge in [-0.2, -0.15) is 0 Å². The lowest BCUT2D eigenvalue weighted by molar-refractivity contribution is 0.176. The SMILES string of the molecule is CCCCCCOc1ccc(CN2CCCC(C)C2)cc1. The van der Waals surface area contributed by atoms with Gasteiger partial charge in [0.1, 0.15) is 5.75 Å². The van der Waals surface area contributed by atoms with Crippen molar-refractivity contribution < 1.29 is 4.74 Å². The number of nitrogens with zero attached hydrogens (tertiary/aromatic N) is 1. The van der Waals surface area contributed by atoms with E-state index in [1.54, 1.807) is 0 Å². The Morgan fingerprint density at radius 1 is 1.14 bits per heavy atom. The van der Waals surface area contributed by atoms with Crippen LogP contribution in [0.3, 0.4) is 0 Å². The third-order valence-electron chi connectivity index (χ3n) is 4.34. The number of unbranched alkanes of at least 4 members (excludes halogenated alkanes) is 3. The van der Waals surface area contributed by atoms with Crippen molar-refractivity contribution in [1.29, 1.82) is 0 Å². The zero-order valence-electron chi connectivity index (χ0n) is 13.8. The van der Waals surface area contributed by atoms with E-state index in [-0.39, 0.29) is 0 Å². The zero-order valence-corrected chi connectivity index (χ0v) is 13.8. The quantitative estimate of drug-likeness (QED) is 0.633. The van der Waals surface area contributed by atoms with Gasteiger partial charge in [0, 0.05) is 13.1 Å². The van der Waals surface area contributed by atoms with E-state index in [1.807, 2.05) is 0 Å². The van der Waals surface area contributed by atoms with Gasteiger partial charge >= 0.3 is 0 Å². The van der Waals surface area contributed by atoms with Crippen LogP contribution in [0.1, 0.15) is 57.9 Å². The lowest BCUT2D eigenvalue weighted by Gasteiger charge is -2.30. The maximum atomic E-state index is 5.80. The van der Waals surface area contributed by atoms with E-state index in [9.17, 15) is 0 Å². The molecule has 1 unspecified atom stereocenters. The molecule has 0 saturated carbocycles. The molecule has 1 heterocycles. The van der Waals surface area contributed by atoms with Crippen LogP contribution in [-0.4, -0.2) is 24.6 Å². The summed E-state index contributed by atoms with van der Waals surface area (Å²) in [5.74, 6) is 1.87. The molecule has 118 valence electrons. The highest BCUT2D eigenvalue weighted by molar-refractivity contribution is 5.27. The van der Waals surface area contributed by atoms with Crippen LogP contribution in [0.15, 0.2) is 24.3 Å².